The van der Waals surface area contributed by atoms with Crippen molar-refractivity contribution < 1.29 is 9.53 Å². The van der Waals surface area contributed by atoms with Gasteiger partial charge in [-0.1, -0.05) is 0 Å². The average Bonchev–Trinajstić information content (AvgIpc) is 3.28. The van der Waals surface area contributed by atoms with Crippen LogP contribution in [0.5, 0.6) is 0 Å². The van der Waals surface area contributed by atoms with Crippen LogP contribution in [0.15, 0.2) is 10.9 Å². The van der Waals surface area contributed by atoms with Gasteiger partial charge in [0.1, 0.15) is 0 Å². The van der Waals surface area contributed by atoms with Crippen molar-refractivity contribution in [3.8, 4) is 0 Å². The number of rotatable bonds is 7. The quantitative estimate of drug-likeness (QED) is 0.560. The van der Waals surface area contributed by atoms with E-state index in [1.54, 1.807) is 7.11 Å². The Hall–Kier alpha value is -2.17. The number of nitrogens with zero attached hydrogens (tertiary/aromatic N) is 4. The number of nitrogens with two attached hydrogens (primary N) is 1. The minimum atomic E-state index is -0.251. The highest BCUT2D eigenvalue weighted by atomic mass is 16.5. The van der Waals surface area contributed by atoms with Crippen LogP contribution in [0.3, 0.4) is 0 Å². The summed E-state index contributed by atoms with van der Waals surface area (Å²) in [6, 6.07) is 1.90. The summed E-state index contributed by atoms with van der Waals surface area (Å²) in [4.78, 5) is 37.1. The van der Waals surface area contributed by atoms with Gasteiger partial charge in [-0.15, -0.1) is 0 Å². The molecule has 28 heavy (non-hydrogen) atoms. The molecule has 3 rings (SSSR count). The Kier molecular flexibility index (Phi) is 6.87. The number of amides is 2. The van der Waals surface area contributed by atoms with E-state index in [-0.39, 0.29) is 29.6 Å². The number of hydrogen-bond donors (Lipinski definition) is 3. The summed E-state index contributed by atoms with van der Waals surface area (Å²) in [6.45, 7) is 5.40. The van der Waals surface area contributed by atoms with Gasteiger partial charge in [-0.3, -0.25) is 19.6 Å². The summed E-state index contributed by atoms with van der Waals surface area (Å²) >= 11 is 0. The number of urea groups is 1. The van der Waals surface area contributed by atoms with Crippen molar-refractivity contribution in [3.63, 3.8) is 0 Å². The number of nitrogens with one attached hydrogen (secondary N) is 2. The number of carbonyl (C=O) groups excluding carboxylic acids is 1. The number of aromatic nitrogens is 2. The largest absolute Gasteiger partial charge is 0.383 e. The molecule has 1 aromatic rings. The van der Waals surface area contributed by atoms with Gasteiger partial charge in [-0.25, -0.2) is 9.78 Å². The Bertz CT molecular complexity index is 725. The summed E-state index contributed by atoms with van der Waals surface area (Å²) in [7, 11) is 3.69. The van der Waals surface area contributed by atoms with E-state index in [0.717, 1.165) is 39.0 Å². The molecule has 2 atom stereocenters. The number of likely N-dealkylation sites (N-methyl/N-ethyl adjacent to an activating group) is 1. The van der Waals surface area contributed by atoms with Crippen molar-refractivity contribution in [1.82, 2.24) is 30.0 Å². The van der Waals surface area contributed by atoms with E-state index < -0.39 is 0 Å². The number of nitrogen functional groups attached to an aromatic ring is 1. The van der Waals surface area contributed by atoms with Gasteiger partial charge >= 0.3 is 6.03 Å². The molecule has 2 saturated heterocycles. The van der Waals surface area contributed by atoms with Crippen molar-refractivity contribution in [2.24, 2.45) is 0 Å². The summed E-state index contributed by atoms with van der Waals surface area (Å²) in [5.74, 6) is 0.124. The van der Waals surface area contributed by atoms with Crippen LogP contribution in [0.4, 0.5) is 10.7 Å². The zero-order chi connectivity index (χ0) is 20.1. The first-order valence-corrected chi connectivity index (χ1v) is 9.77. The van der Waals surface area contributed by atoms with Crippen LogP contribution >= 0.6 is 0 Å². The summed E-state index contributed by atoms with van der Waals surface area (Å²) in [5.41, 5.74) is 5.99. The van der Waals surface area contributed by atoms with Gasteiger partial charge in [0.25, 0.3) is 5.56 Å². The number of H-pyrrole nitrogens is 1. The first-order chi connectivity index (χ1) is 13.4. The Morgan fingerprint density at radius 2 is 2.25 bits per heavy atom. The Labute approximate surface area is 165 Å². The molecule has 0 bridgehead atoms. The van der Waals surface area contributed by atoms with E-state index in [9.17, 15) is 9.59 Å². The maximum atomic E-state index is 12.6. The van der Waals surface area contributed by atoms with Gasteiger partial charge in [0, 0.05) is 64.5 Å². The maximum Gasteiger partial charge on any atom is 0.317 e. The lowest BCUT2D eigenvalue weighted by Gasteiger charge is -2.25. The van der Waals surface area contributed by atoms with Crippen LogP contribution in [0, 0.1) is 0 Å². The fraction of sp³-hybridized carbons (Fsp3) is 0.722. The molecule has 0 aliphatic carbocycles. The van der Waals surface area contributed by atoms with Crippen LogP contribution in [-0.4, -0.2) is 96.3 Å². The molecule has 10 nitrogen and oxygen atoms in total. The second-order valence-corrected chi connectivity index (χ2v) is 7.65. The van der Waals surface area contributed by atoms with Gasteiger partial charge < -0.3 is 20.7 Å². The standard InChI is InChI=1S/C18H31N7O3/c1-23(10-14-9-16(26)22-17(19)20-14)15-4-6-25(12-15)18(27)21-13-3-5-24(11-13)7-8-28-2/h9,13,15H,3-8,10-12H2,1-2H3,(H,21,27)(H3,19,20,22,26). The highest BCUT2D eigenvalue weighted by Gasteiger charge is 2.31. The number of anilines is 1. The van der Waals surface area contributed by atoms with Gasteiger partial charge in [-0.2, -0.15) is 0 Å². The van der Waals surface area contributed by atoms with E-state index in [2.05, 4.69) is 25.1 Å². The SMILES string of the molecule is COCCN1CCC(NC(=O)N2CCC(N(C)Cc3cc(=O)[nH]c(N)n3)C2)C1. The van der Waals surface area contributed by atoms with Crippen LogP contribution in [0.1, 0.15) is 18.5 Å². The molecule has 4 N–H and O–H groups in total. The monoisotopic (exact) mass is 393 g/mol. The minimum Gasteiger partial charge on any atom is -0.383 e. The van der Waals surface area contributed by atoms with Crippen molar-refractivity contribution in [1.29, 1.82) is 0 Å². The number of methoxy groups -OCH3 is 1. The van der Waals surface area contributed by atoms with Crippen LogP contribution < -0.4 is 16.6 Å². The number of ether oxygens (including phenoxy) is 1. The van der Waals surface area contributed by atoms with E-state index >= 15 is 0 Å². The fourth-order valence-electron chi connectivity index (χ4n) is 3.92. The second-order valence-electron chi connectivity index (χ2n) is 7.65. The number of aromatic amines is 1. The zero-order valence-electron chi connectivity index (χ0n) is 16.7. The summed E-state index contributed by atoms with van der Waals surface area (Å²) in [5, 5.41) is 3.16. The molecular formula is C18H31N7O3. The Morgan fingerprint density at radius 3 is 3.00 bits per heavy atom. The number of carbonyl (C=O) groups is 1. The van der Waals surface area contributed by atoms with Gasteiger partial charge in [0.2, 0.25) is 5.95 Å². The molecule has 0 radical (unpaired) electrons. The van der Waals surface area contributed by atoms with Crippen molar-refractivity contribution >= 4 is 12.0 Å². The molecule has 2 aliphatic heterocycles. The first kappa shape index (κ1) is 20.6. The molecule has 2 fully saturated rings. The van der Waals surface area contributed by atoms with E-state index in [4.69, 9.17) is 10.5 Å². The zero-order valence-corrected chi connectivity index (χ0v) is 16.7. The third-order valence-corrected chi connectivity index (χ3v) is 5.51. The first-order valence-electron chi connectivity index (χ1n) is 9.77. The third-order valence-electron chi connectivity index (χ3n) is 5.51. The lowest BCUT2D eigenvalue weighted by molar-refractivity contribution is 0.159. The fourth-order valence-corrected chi connectivity index (χ4v) is 3.92. The molecule has 156 valence electrons. The maximum absolute atomic E-state index is 12.6. The van der Waals surface area contributed by atoms with Gasteiger partial charge in [0.15, 0.2) is 0 Å². The lowest BCUT2D eigenvalue weighted by atomic mass is 10.2. The van der Waals surface area contributed by atoms with Crippen molar-refractivity contribution in [2.75, 3.05) is 59.2 Å². The molecule has 0 spiro atoms. The minimum absolute atomic E-state index is 0.00742. The predicted molar refractivity (Wildman–Crippen MR) is 106 cm³/mol. The van der Waals surface area contributed by atoms with Crippen LogP contribution in [0.2, 0.25) is 0 Å². The third kappa shape index (κ3) is 5.43. The number of likely N-dealkylation sites (tertiary alicyclic amines) is 2. The topological polar surface area (TPSA) is 120 Å². The smallest absolute Gasteiger partial charge is 0.317 e. The molecular weight excluding hydrogens is 362 g/mol. The molecule has 2 aliphatic rings. The molecule has 0 aromatic carbocycles. The van der Waals surface area contributed by atoms with Gasteiger partial charge in [0.05, 0.1) is 12.3 Å². The average molecular weight is 393 g/mol. The molecule has 1 aromatic heterocycles. The highest BCUT2D eigenvalue weighted by molar-refractivity contribution is 5.75. The molecule has 10 heteroatoms. The summed E-state index contributed by atoms with van der Waals surface area (Å²) in [6.07, 6.45) is 1.87. The van der Waals surface area contributed by atoms with Gasteiger partial charge in [-0.05, 0) is 19.9 Å². The summed E-state index contributed by atoms with van der Waals surface area (Å²) < 4.78 is 5.12. The van der Waals surface area contributed by atoms with E-state index in [0.29, 0.717) is 25.4 Å². The molecule has 2 unspecified atom stereocenters. The highest BCUT2D eigenvalue weighted by Crippen LogP contribution is 2.17. The van der Waals surface area contributed by atoms with Crippen LogP contribution in [-0.2, 0) is 11.3 Å². The molecule has 3 heterocycles. The lowest BCUT2D eigenvalue weighted by Crippen LogP contribution is -2.46. The van der Waals surface area contributed by atoms with Crippen LogP contribution in [0.25, 0.3) is 0 Å². The van der Waals surface area contributed by atoms with E-state index in [1.165, 1.54) is 6.07 Å². The Balaban J connectivity index is 1.45. The molecule has 0 saturated carbocycles. The second kappa shape index (κ2) is 9.35. The molecule has 2 amide bonds. The predicted octanol–water partition coefficient (Wildman–Crippen LogP) is -0.711. The van der Waals surface area contributed by atoms with Crippen molar-refractivity contribution in [3.05, 3.63) is 22.1 Å². The van der Waals surface area contributed by atoms with E-state index in [1.807, 2.05) is 11.9 Å². The van der Waals surface area contributed by atoms with Crippen molar-refractivity contribution in [2.45, 2.75) is 31.5 Å². The normalized spacial score (nSPS) is 22.9. The number of hydrogen-bond acceptors (Lipinski definition) is 7. The Morgan fingerprint density at radius 1 is 1.43 bits per heavy atom.